The number of rotatable bonds is 8. The Morgan fingerprint density at radius 3 is 2.36 bits per heavy atom. The second-order valence-electron chi connectivity index (χ2n) is 7.23. The first-order chi connectivity index (χ1) is 16.0. The third-order valence-electron chi connectivity index (χ3n) is 4.92. The number of fused-ring (bicyclic) bond motifs is 1. The fourth-order valence-electron chi connectivity index (χ4n) is 3.36. The van der Waals surface area contributed by atoms with E-state index in [1.807, 2.05) is 42.5 Å². The Hall–Kier alpha value is -4.39. The number of benzene rings is 3. The number of para-hydroxylation sites is 3. The number of carbonyl (C=O) groups excluding carboxylic acids is 3. The zero-order valence-electron chi connectivity index (χ0n) is 17.9. The van der Waals surface area contributed by atoms with Gasteiger partial charge in [0.2, 0.25) is 5.76 Å². The molecule has 0 aliphatic rings. The summed E-state index contributed by atoms with van der Waals surface area (Å²) in [4.78, 5) is 36.8. The largest absolute Gasteiger partial charge is 0.489 e. The lowest BCUT2D eigenvalue weighted by atomic mass is 10.1. The maximum atomic E-state index is 12.8. The van der Waals surface area contributed by atoms with Crippen LogP contribution in [0.15, 0.2) is 83.3 Å². The summed E-state index contributed by atoms with van der Waals surface area (Å²) in [5, 5.41) is 3.32. The van der Waals surface area contributed by atoms with Gasteiger partial charge in [-0.3, -0.25) is 9.59 Å². The summed E-state index contributed by atoms with van der Waals surface area (Å²) >= 11 is 0. The third kappa shape index (κ3) is 5.10. The molecular formula is C26H21NO6. The second kappa shape index (κ2) is 9.82. The maximum absolute atomic E-state index is 12.8. The average molecular weight is 443 g/mol. The van der Waals surface area contributed by atoms with Gasteiger partial charge in [-0.2, -0.15) is 0 Å². The van der Waals surface area contributed by atoms with E-state index in [1.165, 1.54) is 6.92 Å². The van der Waals surface area contributed by atoms with Crippen LogP contribution in [0.25, 0.3) is 11.0 Å². The maximum Gasteiger partial charge on any atom is 0.375 e. The van der Waals surface area contributed by atoms with Crippen molar-refractivity contribution in [2.75, 3.05) is 11.9 Å². The van der Waals surface area contributed by atoms with E-state index in [2.05, 4.69) is 5.32 Å². The SMILES string of the molecule is CC(=O)c1ccccc1NC(=O)COC(=O)c1oc2ccccc2c1COc1ccccc1. The van der Waals surface area contributed by atoms with Crippen LogP contribution < -0.4 is 10.1 Å². The van der Waals surface area contributed by atoms with Crippen LogP contribution in [0.3, 0.4) is 0 Å². The Balaban J connectivity index is 1.47. The van der Waals surface area contributed by atoms with Crippen molar-refractivity contribution < 1.29 is 28.3 Å². The van der Waals surface area contributed by atoms with Crippen molar-refractivity contribution in [3.05, 3.63) is 95.7 Å². The standard InChI is InChI=1S/C26H21NO6/c1-17(28)19-11-5-7-13-22(19)27-24(29)16-32-26(30)25-21(15-31-18-9-3-2-4-10-18)20-12-6-8-14-23(20)33-25/h2-14H,15-16H2,1H3,(H,27,29). The molecule has 33 heavy (non-hydrogen) atoms. The van der Waals surface area contributed by atoms with Gasteiger partial charge in [0, 0.05) is 10.9 Å². The third-order valence-corrected chi connectivity index (χ3v) is 4.92. The van der Waals surface area contributed by atoms with Crippen molar-refractivity contribution in [2.24, 2.45) is 0 Å². The molecule has 0 radical (unpaired) electrons. The van der Waals surface area contributed by atoms with E-state index < -0.39 is 18.5 Å². The van der Waals surface area contributed by atoms with Crippen LogP contribution >= 0.6 is 0 Å². The van der Waals surface area contributed by atoms with Gasteiger partial charge < -0.3 is 19.2 Å². The molecule has 1 amide bonds. The Kier molecular flexibility index (Phi) is 6.50. The van der Waals surface area contributed by atoms with Crippen molar-refractivity contribution in [3.63, 3.8) is 0 Å². The molecule has 0 unspecified atom stereocenters. The Morgan fingerprint density at radius 1 is 0.879 bits per heavy atom. The Morgan fingerprint density at radius 2 is 1.58 bits per heavy atom. The Labute approximate surface area is 189 Å². The van der Waals surface area contributed by atoms with Crippen molar-refractivity contribution in [1.29, 1.82) is 0 Å². The number of hydrogen-bond acceptors (Lipinski definition) is 6. The van der Waals surface area contributed by atoms with E-state index in [1.54, 1.807) is 36.4 Å². The molecule has 0 saturated carbocycles. The zero-order valence-corrected chi connectivity index (χ0v) is 17.9. The molecule has 7 heteroatoms. The molecule has 1 heterocycles. The van der Waals surface area contributed by atoms with Crippen LogP contribution in [0.4, 0.5) is 5.69 Å². The number of carbonyl (C=O) groups is 3. The lowest BCUT2D eigenvalue weighted by Crippen LogP contribution is -2.22. The average Bonchev–Trinajstić information content (AvgIpc) is 3.21. The van der Waals surface area contributed by atoms with Crippen LogP contribution in [-0.4, -0.2) is 24.3 Å². The van der Waals surface area contributed by atoms with E-state index in [-0.39, 0.29) is 18.2 Å². The van der Waals surface area contributed by atoms with Crippen molar-refractivity contribution >= 4 is 34.3 Å². The van der Waals surface area contributed by atoms with Crippen LogP contribution in [0.2, 0.25) is 0 Å². The van der Waals surface area contributed by atoms with Crippen LogP contribution in [0, 0.1) is 0 Å². The molecule has 0 fully saturated rings. The molecule has 1 aromatic heterocycles. The van der Waals surface area contributed by atoms with Gasteiger partial charge >= 0.3 is 5.97 Å². The molecule has 0 aliphatic heterocycles. The van der Waals surface area contributed by atoms with Crippen LogP contribution in [-0.2, 0) is 16.1 Å². The van der Waals surface area contributed by atoms with Gasteiger partial charge in [0.1, 0.15) is 17.9 Å². The monoisotopic (exact) mass is 443 g/mol. The highest BCUT2D eigenvalue weighted by Gasteiger charge is 2.23. The summed E-state index contributed by atoms with van der Waals surface area (Å²) in [6.45, 7) is 0.955. The molecular weight excluding hydrogens is 422 g/mol. The number of hydrogen-bond donors (Lipinski definition) is 1. The van der Waals surface area contributed by atoms with Gasteiger partial charge in [0.15, 0.2) is 12.4 Å². The molecule has 0 bridgehead atoms. The normalized spacial score (nSPS) is 10.6. The molecule has 4 aromatic rings. The highest BCUT2D eigenvalue weighted by molar-refractivity contribution is 6.04. The van der Waals surface area contributed by atoms with Crippen LogP contribution in [0.1, 0.15) is 33.4 Å². The number of nitrogens with one attached hydrogen (secondary N) is 1. The summed E-state index contributed by atoms with van der Waals surface area (Å²) in [5.41, 5.74) is 1.76. The molecule has 0 saturated heterocycles. The molecule has 0 aliphatic carbocycles. The molecule has 4 rings (SSSR count). The fourth-order valence-corrected chi connectivity index (χ4v) is 3.36. The number of esters is 1. The van der Waals surface area contributed by atoms with E-state index in [0.717, 1.165) is 5.39 Å². The first kappa shape index (κ1) is 21.8. The molecule has 0 atom stereocenters. The van der Waals surface area contributed by atoms with Gasteiger partial charge in [-0.25, -0.2) is 4.79 Å². The van der Waals surface area contributed by atoms with E-state index in [4.69, 9.17) is 13.9 Å². The second-order valence-corrected chi connectivity index (χ2v) is 7.23. The van der Waals surface area contributed by atoms with E-state index in [0.29, 0.717) is 28.1 Å². The quantitative estimate of drug-likeness (QED) is 0.304. The lowest BCUT2D eigenvalue weighted by Gasteiger charge is -2.10. The summed E-state index contributed by atoms with van der Waals surface area (Å²) in [6.07, 6.45) is 0. The predicted molar refractivity (Wildman–Crippen MR) is 122 cm³/mol. The molecule has 166 valence electrons. The Bertz CT molecular complexity index is 1310. The number of ether oxygens (including phenoxy) is 2. The molecule has 1 N–H and O–H groups in total. The van der Waals surface area contributed by atoms with Crippen LogP contribution in [0.5, 0.6) is 5.75 Å². The smallest absolute Gasteiger partial charge is 0.375 e. The summed E-state index contributed by atoms with van der Waals surface area (Å²) in [7, 11) is 0. The van der Waals surface area contributed by atoms with Gasteiger partial charge in [-0.05, 0) is 37.3 Å². The number of anilines is 1. The first-order valence-corrected chi connectivity index (χ1v) is 10.3. The molecule has 7 nitrogen and oxygen atoms in total. The molecule has 0 spiro atoms. The van der Waals surface area contributed by atoms with Gasteiger partial charge in [0.05, 0.1) is 11.3 Å². The topological polar surface area (TPSA) is 94.8 Å². The number of furan rings is 1. The van der Waals surface area contributed by atoms with E-state index >= 15 is 0 Å². The van der Waals surface area contributed by atoms with Gasteiger partial charge in [-0.15, -0.1) is 0 Å². The number of amides is 1. The van der Waals surface area contributed by atoms with Gasteiger partial charge in [0.25, 0.3) is 5.91 Å². The zero-order chi connectivity index (χ0) is 23.2. The van der Waals surface area contributed by atoms with Crippen molar-refractivity contribution in [3.8, 4) is 5.75 Å². The number of Topliss-reactive ketones (excluding diaryl/α,β-unsaturated/α-hetero) is 1. The predicted octanol–water partition coefficient (Wildman–Crippen LogP) is 5.01. The fraction of sp³-hybridized carbons (Fsp3) is 0.115. The minimum atomic E-state index is -0.784. The highest BCUT2D eigenvalue weighted by Crippen LogP contribution is 2.28. The highest BCUT2D eigenvalue weighted by atomic mass is 16.5. The lowest BCUT2D eigenvalue weighted by molar-refractivity contribution is -0.119. The minimum Gasteiger partial charge on any atom is -0.489 e. The number of ketones is 1. The molecule has 3 aromatic carbocycles. The summed E-state index contributed by atoms with van der Waals surface area (Å²) < 4.78 is 16.7. The first-order valence-electron chi connectivity index (χ1n) is 10.3. The van der Waals surface area contributed by atoms with Gasteiger partial charge in [-0.1, -0.05) is 48.5 Å². The minimum absolute atomic E-state index is 0.0240. The summed E-state index contributed by atoms with van der Waals surface area (Å²) in [5.74, 6) is -0.925. The van der Waals surface area contributed by atoms with Crippen molar-refractivity contribution in [2.45, 2.75) is 13.5 Å². The summed E-state index contributed by atoms with van der Waals surface area (Å²) in [6, 6.07) is 23.0. The van der Waals surface area contributed by atoms with E-state index in [9.17, 15) is 14.4 Å². The van der Waals surface area contributed by atoms with Crippen molar-refractivity contribution in [1.82, 2.24) is 0 Å².